The van der Waals surface area contributed by atoms with Crippen LogP contribution in [0.3, 0.4) is 0 Å². The monoisotopic (exact) mass is 440 g/mol. The van der Waals surface area contributed by atoms with Crippen LogP contribution in [0.4, 0.5) is 0 Å². The van der Waals surface area contributed by atoms with Crippen molar-refractivity contribution in [3.63, 3.8) is 0 Å². The van der Waals surface area contributed by atoms with E-state index in [2.05, 4.69) is 0 Å². The molecule has 0 saturated heterocycles. The Morgan fingerprint density at radius 3 is 0.710 bits per heavy atom. The molecule has 0 heterocycles. The van der Waals surface area contributed by atoms with Gasteiger partial charge in [0, 0.05) is 20.3 Å². The zero-order chi connectivity index (χ0) is 22.5. The molecule has 2 nitrogen and oxygen atoms in total. The van der Waals surface area contributed by atoms with Gasteiger partial charge in [-0.3, -0.25) is 0 Å². The van der Waals surface area contributed by atoms with Crippen LogP contribution in [0.25, 0.3) is 0 Å². The molecule has 31 heavy (non-hydrogen) atoms. The summed E-state index contributed by atoms with van der Waals surface area (Å²) in [6.07, 6.45) is 36.5. The van der Waals surface area contributed by atoms with Crippen molar-refractivity contribution in [2.24, 2.45) is 0 Å². The van der Waals surface area contributed by atoms with Gasteiger partial charge < -0.3 is 9.84 Å². The Hall–Kier alpha value is -0.0800. The first kappa shape index (κ1) is 30.9. The lowest BCUT2D eigenvalue weighted by molar-refractivity contribution is 0.192. The van der Waals surface area contributed by atoms with Gasteiger partial charge in [-0.25, -0.2) is 0 Å². The topological polar surface area (TPSA) is 29.5 Å². The molecule has 2 heteroatoms. The molecule has 0 atom stereocenters. The number of aliphatic hydroxyl groups is 1. The zero-order valence-corrected chi connectivity index (χ0v) is 21.7. The Kier molecular flexibility index (Phi) is 29.8. The van der Waals surface area contributed by atoms with E-state index in [1.807, 2.05) is 0 Å². The summed E-state index contributed by atoms with van der Waals surface area (Å²) in [6, 6.07) is 0. The van der Waals surface area contributed by atoms with Crippen LogP contribution < -0.4 is 0 Å². The van der Waals surface area contributed by atoms with Gasteiger partial charge in [0.15, 0.2) is 0 Å². The quantitative estimate of drug-likeness (QED) is 0.123. The maximum absolute atomic E-state index is 8.76. The fourth-order valence-electron chi connectivity index (χ4n) is 4.60. The van der Waals surface area contributed by atoms with E-state index in [9.17, 15) is 0 Å². The number of ether oxygens (including phenoxy) is 1. The van der Waals surface area contributed by atoms with E-state index in [4.69, 9.17) is 9.84 Å². The summed E-state index contributed by atoms with van der Waals surface area (Å²) in [6.45, 7) is 1.31. The minimum atomic E-state index is 0.372. The fourth-order valence-corrected chi connectivity index (χ4v) is 4.60. The van der Waals surface area contributed by atoms with E-state index in [0.29, 0.717) is 6.61 Å². The summed E-state index contributed by atoms with van der Waals surface area (Å²) in [5.74, 6) is 0. The summed E-state index contributed by atoms with van der Waals surface area (Å²) in [7, 11) is 1.80. The maximum Gasteiger partial charge on any atom is 0.0462 e. The third kappa shape index (κ3) is 29.9. The second-order valence-electron chi connectivity index (χ2n) is 9.91. The molecule has 0 aliphatic carbocycles. The Morgan fingerprint density at radius 1 is 0.323 bits per heavy atom. The Bertz CT molecular complexity index is 264. The van der Waals surface area contributed by atoms with Gasteiger partial charge in [0.2, 0.25) is 0 Å². The van der Waals surface area contributed by atoms with Crippen LogP contribution >= 0.6 is 0 Å². The molecule has 0 bridgehead atoms. The van der Waals surface area contributed by atoms with Crippen LogP contribution in [0, 0.1) is 0 Å². The lowest BCUT2D eigenvalue weighted by atomic mass is 10.0. The van der Waals surface area contributed by atoms with Crippen molar-refractivity contribution in [2.75, 3.05) is 20.3 Å². The minimum absolute atomic E-state index is 0.372. The van der Waals surface area contributed by atoms with E-state index >= 15 is 0 Å². The second-order valence-corrected chi connectivity index (χ2v) is 9.91. The van der Waals surface area contributed by atoms with Gasteiger partial charge >= 0.3 is 0 Å². The molecule has 1 N–H and O–H groups in total. The molecule has 0 rings (SSSR count). The van der Waals surface area contributed by atoms with Crippen molar-refractivity contribution >= 4 is 0 Å². The predicted molar refractivity (Wildman–Crippen MR) is 139 cm³/mol. The number of rotatable bonds is 28. The molecule has 0 aliphatic heterocycles. The molecule has 0 aliphatic rings. The largest absolute Gasteiger partial charge is 0.396 e. The first-order chi connectivity index (χ1) is 15.4. The average Bonchev–Trinajstić information content (AvgIpc) is 2.78. The lowest BCUT2D eigenvalue weighted by Crippen LogP contribution is -1.88. The van der Waals surface area contributed by atoms with Gasteiger partial charge in [-0.05, 0) is 12.8 Å². The zero-order valence-electron chi connectivity index (χ0n) is 21.7. The highest BCUT2D eigenvalue weighted by atomic mass is 16.5. The molecule has 0 unspecified atom stereocenters. The molecule has 0 aromatic carbocycles. The Labute approximate surface area is 197 Å². The molecule has 0 aromatic heterocycles. The van der Waals surface area contributed by atoms with Crippen LogP contribution in [0.2, 0.25) is 0 Å². The summed E-state index contributed by atoms with van der Waals surface area (Å²) in [5.41, 5.74) is 0. The van der Waals surface area contributed by atoms with E-state index < -0.39 is 0 Å². The van der Waals surface area contributed by atoms with Crippen molar-refractivity contribution in [3.8, 4) is 0 Å². The fraction of sp³-hybridized carbons (Fsp3) is 1.00. The molecule has 0 saturated carbocycles. The molecule has 0 radical (unpaired) electrons. The van der Waals surface area contributed by atoms with Gasteiger partial charge in [0.1, 0.15) is 0 Å². The van der Waals surface area contributed by atoms with Crippen molar-refractivity contribution < 1.29 is 9.84 Å². The molecular formula is C29H60O2. The number of unbranched alkanes of at least 4 members (excludes halogenated alkanes) is 25. The van der Waals surface area contributed by atoms with Crippen molar-refractivity contribution in [1.29, 1.82) is 0 Å². The lowest BCUT2D eigenvalue weighted by Gasteiger charge is -2.04. The van der Waals surface area contributed by atoms with Crippen LogP contribution in [0.1, 0.15) is 167 Å². The highest BCUT2D eigenvalue weighted by Crippen LogP contribution is 2.15. The van der Waals surface area contributed by atoms with Crippen LogP contribution in [-0.4, -0.2) is 25.4 Å². The minimum Gasteiger partial charge on any atom is -0.396 e. The van der Waals surface area contributed by atoms with E-state index in [0.717, 1.165) is 13.0 Å². The molecular weight excluding hydrogens is 380 g/mol. The van der Waals surface area contributed by atoms with E-state index in [1.54, 1.807) is 7.11 Å². The molecule has 0 spiro atoms. The van der Waals surface area contributed by atoms with Crippen LogP contribution in [0.5, 0.6) is 0 Å². The van der Waals surface area contributed by atoms with Gasteiger partial charge in [0.25, 0.3) is 0 Å². The third-order valence-electron chi connectivity index (χ3n) is 6.76. The van der Waals surface area contributed by atoms with Gasteiger partial charge in [0.05, 0.1) is 0 Å². The highest BCUT2D eigenvalue weighted by molar-refractivity contribution is 4.52. The van der Waals surface area contributed by atoms with Crippen LogP contribution in [0.15, 0.2) is 0 Å². The van der Waals surface area contributed by atoms with E-state index in [-0.39, 0.29) is 0 Å². The van der Waals surface area contributed by atoms with Gasteiger partial charge in [-0.2, -0.15) is 0 Å². The number of methoxy groups -OCH3 is 1. The standard InChI is InChI=1S/C29H60O2/c1-31-29-27-25-23-21-19-17-15-13-11-9-7-5-3-2-4-6-8-10-12-14-16-18-20-22-24-26-28-30/h30H,2-29H2,1H3. The summed E-state index contributed by atoms with van der Waals surface area (Å²) < 4.78 is 5.09. The van der Waals surface area contributed by atoms with Gasteiger partial charge in [-0.15, -0.1) is 0 Å². The Morgan fingerprint density at radius 2 is 0.516 bits per heavy atom. The second kappa shape index (κ2) is 29.9. The van der Waals surface area contributed by atoms with Crippen molar-refractivity contribution in [1.82, 2.24) is 0 Å². The highest BCUT2D eigenvalue weighted by Gasteiger charge is 1.96. The summed E-state index contributed by atoms with van der Waals surface area (Å²) in [4.78, 5) is 0. The van der Waals surface area contributed by atoms with Crippen molar-refractivity contribution in [3.05, 3.63) is 0 Å². The average molecular weight is 441 g/mol. The number of aliphatic hydroxyl groups excluding tert-OH is 1. The van der Waals surface area contributed by atoms with E-state index in [1.165, 1.54) is 161 Å². The first-order valence-corrected chi connectivity index (χ1v) is 14.5. The summed E-state index contributed by atoms with van der Waals surface area (Å²) >= 11 is 0. The summed E-state index contributed by atoms with van der Waals surface area (Å²) in [5, 5.41) is 8.76. The molecule has 0 amide bonds. The smallest absolute Gasteiger partial charge is 0.0462 e. The molecule has 188 valence electrons. The van der Waals surface area contributed by atoms with Crippen LogP contribution in [-0.2, 0) is 4.74 Å². The first-order valence-electron chi connectivity index (χ1n) is 14.5. The van der Waals surface area contributed by atoms with Crippen molar-refractivity contribution in [2.45, 2.75) is 167 Å². The number of hydrogen-bond acceptors (Lipinski definition) is 2. The predicted octanol–water partition coefficient (Wildman–Crippen LogP) is 9.77. The third-order valence-corrected chi connectivity index (χ3v) is 6.76. The SMILES string of the molecule is COCCCCCCCCCCCCCCCCCCCCCCCCCCCCO. The van der Waals surface area contributed by atoms with Gasteiger partial charge in [-0.1, -0.05) is 154 Å². The molecule has 0 fully saturated rings. The Balaban J connectivity index is 2.98. The molecule has 0 aromatic rings. The normalized spacial score (nSPS) is 11.4. The number of hydrogen-bond donors (Lipinski definition) is 1. The maximum atomic E-state index is 8.76.